The highest BCUT2D eigenvalue weighted by molar-refractivity contribution is 5.82. The molecule has 1 atom stereocenters. The van der Waals surface area contributed by atoms with Gasteiger partial charge >= 0.3 is 12.0 Å². The normalized spacial score (nSPS) is 11.6. The lowest BCUT2D eigenvalue weighted by Gasteiger charge is -2.18. The Balaban J connectivity index is 2.09. The fourth-order valence-corrected chi connectivity index (χ4v) is 2.18. The van der Waals surface area contributed by atoms with E-state index in [-0.39, 0.29) is 6.42 Å². The zero-order valence-electron chi connectivity index (χ0n) is 13.2. The summed E-state index contributed by atoms with van der Waals surface area (Å²) in [5.41, 5.74) is 3.03. The van der Waals surface area contributed by atoms with Crippen LogP contribution in [0.4, 0.5) is 4.79 Å². The fraction of sp³-hybridized carbons (Fsp3) is 0.222. The molecule has 0 fully saturated rings. The molecule has 2 N–H and O–H groups in total. The van der Waals surface area contributed by atoms with E-state index in [9.17, 15) is 14.7 Å². The minimum atomic E-state index is -1.05. The van der Waals surface area contributed by atoms with Gasteiger partial charge in [-0.15, -0.1) is 0 Å². The van der Waals surface area contributed by atoms with E-state index in [0.717, 1.165) is 16.7 Å². The molecule has 2 aromatic rings. The Kier molecular flexibility index (Phi) is 5.36. The molecule has 120 valence electrons. The molecule has 5 heteroatoms. The SMILES string of the molecule is CN(C)C(=O)NC(Cc1ccc(-c2ccccc2)cc1)C(=O)O. The maximum absolute atomic E-state index is 11.6. The first-order valence-electron chi connectivity index (χ1n) is 7.32. The molecule has 0 spiro atoms. The van der Waals surface area contributed by atoms with E-state index in [0.29, 0.717) is 0 Å². The smallest absolute Gasteiger partial charge is 0.326 e. The minimum Gasteiger partial charge on any atom is -0.480 e. The molecule has 2 amide bonds. The first kappa shape index (κ1) is 16.5. The summed E-state index contributed by atoms with van der Waals surface area (Å²) >= 11 is 0. The fourth-order valence-electron chi connectivity index (χ4n) is 2.18. The maximum Gasteiger partial charge on any atom is 0.326 e. The molecule has 2 aromatic carbocycles. The highest BCUT2D eigenvalue weighted by atomic mass is 16.4. The van der Waals surface area contributed by atoms with Crippen LogP contribution in [0.3, 0.4) is 0 Å². The second-order valence-electron chi connectivity index (χ2n) is 5.50. The number of rotatable bonds is 5. The van der Waals surface area contributed by atoms with Crippen LogP contribution in [0.5, 0.6) is 0 Å². The van der Waals surface area contributed by atoms with Crippen molar-refractivity contribution in [1.82, 2.24) is 10.2 Å². The maximum atomic E-state index is 11.6. The highest BCUT2D eigenvalue weighted by Gasteiger charge is 2.21. The summed E-state index contributed by atoms with van der Waals surface area (Å²) in [5.74, 6) is -1.05. The van der Waals surface area contributed by atoms with Gasteiger partial charge in [0, 0.05) is 20.5 Å². The Morgan fingerprint density at radius 3 is 2.09 bits per heavy atom. The predicted molar refractivity (Wildman–Crippen MR) is 89.2 cm³/mol. The van der Waals surface area contributed by atoms with E-state index in [1.165, 1.54) is 4.90 Å². The number of carbonyl (C=O) groups is 2. The van der Waals surface area contributed by atoms with Crippen molar-refractivity contribution in [3.63, 3.8) is 0 Å². The molecule has 0 saturated heterocycles. The van der Waals surface area contributed by atoms with E-state index < -0.39 is 18.0 Å². The van der Waals surface area contributed by atoms with E-state index in [1.807, 2.05) is 54.6 Å². The monoisotopic (exact) mass is 312 g/mol. The van der Waals surface area contributed by atoms with Gasteiger partial charge in [0.25, 0.3) is 0 Å². The van der Waals surface area contributed by atoms with Gasteiger partial charge < -0.3 is 15.3 Å². The van der Waals surface area contributed by atoms with Gasteiger partial charge in [0.2, 0.25) is 0 Å². The number of carboxylic acid groups (broad SMARTS) is 1. The molecule has 0 aliphatic rings. The molecule has 0 bridgehead atoms. The van der Waals surface area contributed by atoms with Crippen molar-refractivity contribution < 1.29 is 14.7 Å². The van der Waals surface area contributed by atoms with Crippen molar-refractivity contribution in [2.75, 3.05) is 14.1 Å². The number of carbonyl (C=O) groups excluding carboxylic acids is 1. The molecule has 0 aliphatic carbocycles. The highest BCUT2D eigenvalue weighted by Crippen LogP contribution is 2.19. The molecule has 1 unspecified atom stereocenters. The van der Waals surface area contributed by atoms with Gasteiger partial charge in [-0.25, -0.2) is 9.59 Å². The van der Waals surface area contributed by atoms with E-state index in [4.69, 9.17) is 0 Å². The van der Waals surface area contributed by atoms with Crippen LogP contribution >= 0.6 is 0 Å². The van der Waals surface area contributed by atoms with Crippen LogP contribution in [0.25, 0.3) is 11.1 Å². The van der Waals surface area contributed by atoms with Crippen LogP contribution in [0.2, 0.25) is 0 Å². The van der Waals surface area contributed by atoms with Crippen molar-refractivity contribution in [2.45, 2.75) is 12.5 Å². The van der Waals surface area contributed by atoms with Crippen LogP contribution < -0.4 is 5.32 Å². The second-order valence-corrected chi connectivity index (χ2v) is 5.50. The van der Waals surface area contributed by atoms with Crippen molar-refractivity contribution in [2.24, 2.45) is 0 Å². The average Bonchev–Trinajstić information content (AvgIpc) is 2.55. The quantitative estimate of drug-likeness (QED) is 0.891. The molecule has 2 rings (SSSR count). The van der Waals surface area contributed by atoms with E-state index in [1.54, 1.807) is 14.1 Å². The zero-order chi connectivity index (χ0) is 16.8. The molecule has 23 heavy (non-hydrogen) atoms. The number of benzene rings is 2. The van der Waals surface area contributed by atoms with Crippen molar-refractivity contribution in [1.29, 1.82) is 0 Å². The van der Waals surface area contributed by atoms with E-state index in [2.05, 4.69) is 5.32 Å². The van der Waals surface area contributed by atoms with Gasteiger partial charge in [0.05, 0.1) is 0 Å². The van der Waals surface area contributed by atoms with Gasteiger partial charge in [-0.05, 0) is 16.7 Å². The molecule has 0 radical (unpaired) electrons. The second kappa shape index (κ2) is 7.45. The lowest BCUT2D eigenvalue weighted by molar-refractivity contribution is -0.139. The minimum absolute atomic E-state index is 0.240. The summed E-state index contributed by atoms with van der Waals surface area (Å²) in [6.07, 6.45) is 0.240. The number of urea groups is 1. The van der Waals surface area contributed by atoms with Crippen LogP contribution in [-0.2, 0) is 11.2 Å². The summed E-state index contributed by atoms with van der Waals surface area (Å²) in [7, 11) is 3.14. The van der Waals surface area contributed by atoms with Gasteiger partial charge in [0.1, 0.15) is 6.04 Å². The summed E-state index contributed by atoms with van der Waals surface area (Å²) in [4.78, 5) is 24.3. The van der Waals surface area contributed by atoms with Crippen LogP contribution in [-0.4, -0.2) is 42.1 Å². The lowest BCUT2D eigenvalue weighted by atomic mass is 10.0. The van der Waals surface area contributed by atoms with Gasteiger partial charge in [0.15, 0.2) is 0 Å². The van der Waals surface area contributed by atoms with Crippen molar-refractivity contribution in [3.8, 4) is 11.1 Å². The summed E-state index contributed by atoms with van der Waals surface area (Å²) < 4.78 is 0. The Hall–Kier alpha value is -2.82. The number of aliphatic carboxylic acids is 1. The number of nitrogens with one attached hydrogen (secondary N) is 1. The summed E-state index contributed by atoms with van der Waals surface area (Å²) in [5, 5.41) is 11.8. The number of hydrogen-bond acceptors (Lipinski definition) is 2. The molecule has 5 nitrogen and oxygen atoms in total. The molecule has 0 heterocycles. The molecule has 0 saturated carbocycles. The van der Waals surface area contributed by atoms with Crippen LogP contribution in [0.15, 0.2) is 54.6 Å². The summed E-state index contributed by atoms with van der Waals surface area (Å²) in [6, 6.07) is 16.3. The average molecular weight is 312 g/mol. The number of nitrogens with zero attached hydrogens (tertiary/aromatic N) is 1. The molecule has 0 aliphatic heterocycles. The number of carboxylic acids is 1. The van der Waals surface area contributed by atoms with Crippen LogP contribution in [0.1, 0.15) is 5.56 Å². The Morgan fingerprint density at radius 2 is 1.57 bits per heavy atom. The first-order valence-corrected chi connectivity index (χ1v) is 7.32. The van der Waals surface area contributed by atoms with E-state index >= 15 is 0 Å². The topological polar surface area (TPSA) is 69.6 Å². The Morgan fingerprint density at radius 1 is 1.00 bits per heavy atom. The first-order chi connectivity index (χ1) is 11.0. The van der Waals surface area contributed by atoms with Gasteiger partial charge in [-0.2, -0.15) is 0 Å². The molecular weight excluding hydrogens is 292 g/mol. The third-order valence-electron chi connectivity index (χ3n) is 3.50. The number of amides is 2. The Bertz CT molecular complexity index is 666. The number of hydrogen-bond donors (Lipinski definition) is 2. The largest absolute Gasteiger partial charge is 0.480 e. The third-order valence-corrected chi connectivity index (χ3v) is 3.50. The predicted octanol–water partition coefficient (Wildman–Crippen LogP) is 2.62. The van der Waals surface area contributed by atoms with Crippen LogP contribution in [0, 0.1) is 0 Å². The van der Waals surface area contributed by atoms with Gasteiger partial charge in [-0.3, -0.25) is 0 Å². The molecule has 0 aromatic heterocycles. The van der Waals surface area contributed by atoms with Gasteiger partial charge in [-0.1, -0.05) is 54.6 Å². The third kappa shape index (κ3) is 4.57. The lowest BCUT2D eigenvalue weighted by Crippen LogP contribution is -2.46. The molecular formula is C18H20N2O3. The standard InChI is InChI=1S/C18H20N2O3/c1-20(2)18(23)19-16(17(21)22)12-13-8-10-15(11-9-13)14-6-4-3-5-7-14/h3-11,16H,12H2,1-2H3,(H,19,23)(H,21,22). The summed E-state index contributed by atoms with van der Waals surface area (Å²) in [6.45, 7) is 0. The zero-order valence-corrected chi connectivity index (χ0v) is 13.2. The van der Waals surface area contributed by atoms with Crippen molar-refractivity contribution >= 4 is 12.0 Å². The Labute approximate surface area is 135 Å². The van der Waals surface area contributed by atoms with Crippen molar-refractivity contribution in [3.05, 3.63) is 60.2 Å².